The summed E-state index contributed by atoms with van der Waals surface area (Å²) in [6.45, 7) is 7.76. The van der Waals surface area contributed by atoms with Gasteiger partial charge in [-0.15, -0.1) is 0 Å². The average molecular weight is 450 g/mol. The van der Waals surface area contributed by atoms with Crippen LogP contribution in [0.5, 0.6) is 0 Å². The maximum absolute atomic E-state index is 13.4. The van der Waals surface area contributed by atoms with E-state index in [1.54, 1.807) is 6.20 Å². The summed E-state index contributed by atoms with van der Waals surface area (Å²) < 4.78 is 0. The second-order valence-corrected chi connectivity index (χ2v) is 10.1. The predicted molar refractivity (Wildman–Crippen MR) is 127 cm³/mol. The van der Waals surface area contributed by atoms with E-state index in [1.807, 2.05) is 15.9 Å². The number of hydrogen-bond donors (Lipinski definition) is 1. The lowest BCUT2D eigenvalue weighted by molar-refractivity contribution is -0.133. The first kappa shape index (κ1) is 22.1. The van der Waals surface area contributed by atoms with Crippen LogP contribution in [0.1, 0.15) is 65.7 Å². The zero-order valence-corrected chi connectivity index (χ0v) is 19.6. The van der Waals surface area contributed by atoms with Crippen LogP contribution in [-0.2, 0) is 17.8 Å². The van der Waals surface area contributed by atoms with Crippen molar-refractivity contribution in [1.82, 2.24) is 24.9 Å². The quantitative estimate of drug-likeness (QED) is 0.779. The number of rotatable bonds is 4. The van der Waals surface area contributed by atoms with E-state index < -0.39 is 0 Å². The van der Waals surface area contributed by atoms with Crippen LogP contribution in [0.2, 0.25) is 0 Å². The van der Waals surface area contributed by atoms with Crippen molar-refractivity contribution >= 4 is 11.8 Å². The average Bonchev–Trinajstić information content (AvgIpc) is 3.33. The summed E-state index contributed by atoms with van der Waals surface area (Å²) in [4.78, 5) is 32.5. The molecule has 3 aliphatic heterocycles. The first-order valence-corrected chi connectivity index (χ1v) is 12.5. The van der Waals surface area contributed by atoms with Gasteiger partial charge < -0.3 is 9.80 Å². The third-order valence-electron chi connectivity index (χ3n) is 7.67. The molecule has 0 aliphatic carbocycles. The molecule has 1 aromatic heterocycles. The molecule has 0 saturated carbocycles. The topological polar surface area (TPSA) is 72.5 Å². The number of likely N-dealkylation sites (tertiary alicyclic amines) is 2. The Morgan fingerprint density at radius 2 is 1.82 bits per heavy atom. The van der Waals surface area contributed by atoms with Crippen molar-refractivity contribution in [3.05, 3.63) is 52.8 Å². The van der Waals surface area contributed by atoms with Crippen LogP contribution in [0.15, 0.2) is 30.5 Å². The molecule has 0 bridgehead atoms. The van der Waals surface area contributed by atoms with E-state index in [9.17, 15) is 9.59 Å². The van der Waals surface area contributed by atoms with Gasteiger partial charge in [0.25, 0.3) is 5.91 Å². The smallest absolute Gasteiger partial charge is 0.257 e. The molecule has 1 N–H and O–H groups in total. The fourth-order valence-electron chi connectivity index (χ4n) is 5.76. The number of H-pyrrole nitrogens is 1. The number of hydrogen-bond acceptors (Lipinski definition) is 4. The van der Waals surface area contributed by atoms with Crippen molar-refractivity contribution in [2.45, 2.75) is 51.5 Å². The van der Waals surface area contributed by atoms with Gasteiger partial charge in [0.2, 0.25) is 5.91 Å². The summed E-state index contributed by atoms with van der Waals surface area (Å²) in [5.74, 6) is 1.23. The highest BCUT2D eigenvalue weighted by molar-refractivity contribution is 5.95. The van der Waals surface area contributed by atoms with Crippen LogP contribution >= 0.6 is 0 Å². The number of benzene rings is 1. The van der Waals surface area contributed by atoms with Crippen LogP contribution < -0.4 is 0 Å². The number of carbonyl (C=O) groups excluding carboxylic acids is 2. The molecule has 0 spiro atoms. The standard InChI is InChI=1S/C26H35N5O2/c1-19-5-4-11-29(16-19)18-24(32)30-12-9-21(10-13-30)25-23(15-27-28-25)26(33)31-14-8-20-6-2-3-7-22(20)17-31/h2-3,6-7,15,19,21H,4-5,8-14,16-18H2,1H3,(H,27,28)/t19-/m0/s1. The molecule has 1 atom stereocenters. The minimum Gasteiger partial charge on any atom is -0.342 e. The highest BCUT2D eigenvalue weighted by atomic mass is 16.2. The molecular formula is C26H35N5O2. The van der Waals surface area contributed by atoms with E-state index in [0.29, 0.717) is 24.6 Å². The van der Waals surface area contributed by atoms with Crippen molar-refractivity contribution in [1.29, 1.82) is 0 Å². The number of nitrogens with one attached hydrogen (secondary N) is 1. The van der Waals surface area contributed by atoms with Gasteiger partial charge in [0.05, 0.1) is 24.0 Å². The molecule has 0 unspecified atom stereocenters. The Balaban J connectivity index is 1.18. The summed E-state index contributed by atoms with van der Waals surface area (Å²) >= 11 is 0. The monoisotopic (exact) mass is 449 g/mol. The fraction of sp³-hybridized carbons (Fsp3) is 0.577. The summed E-state index contributed by atoms with van der Waals surface area (Å²) in [5, 5.41) is 7.36. The van der Waals surface area contributed by atoms with Crippen LogP contribution in [0.3, 0.4) is 0 Å². The molecule has 176 valence electrons. The number of carbonyl (C=O) groups is 2. The largest absolute Gasteiger partial charge is 0.342 e. The Morgan fingerprint density at radius 1 is 1.03 bits per heavy atom. The summed E-state index contributed by atoms with van der Waals surface area (Å²) in [6, 6.07) is 8.37. The zero-order valence-electron chi connectivity index (χ0n) is 19.6. The molecule has 4 heterocycles. The lowest BCUT2D eigenvalue weighted by atomic mass is 9.90. The van der Waals surface area contributed by atoms with E-state index in [4.69, 9.17) is 0 Å². The van der Waals surface area contributed by atoms with Crippen LogP contribution in [-0.4, -0.2) is 76.0 Å². The lowest BCUT2D eigenvalue weighted by Gasteiger charge is -2.35. The maximum Gasteiger partial charge on any atom is 0.257 e. The van der Waals surface area contributed by atoms with E-state index in [-0.39, 0.29) is 17.7 Å². The molecule has 0 radical (unpaired) electrons. The molecule has 7 heteroatoms. The van der Waals surface area contributed by atoms with Gasteiger partial charge in [-0.3, -0.25) is 19.6 Å². The SMILES string of the molecule is C[C@H]1CCCN(CC(=O)N2CCC(c3[nH]ncc3C(=O)N3CCc4ccccc4C3)CC2)C1. The minimum absolute atomic E-state index is 0.0611. The summed E-state index contributed by atoms with van der Waals surface area (Å²) in [6.07, 6.45) is 6.78. The van der Waals surface area contributed by atoms with Crippen molar-refractivity contribution in [3.8, 4) is 0 Å². The van der Waals surface area contributed by atoms with Crippen molar-refractivity contribution < 1.29 is 9.59 Å². The molecule has 2 aromatic rings. The normalized spacial score (nSPS) is 22.3. The minimum atomic E-state index is 0.0611. The second-order valence-electron chi connectivity index (χ2n) is 10.1. The number of fused-ring (bicyclic) bond motifs is 1. The van der Waals surface area contributed by atoms with Gasteiger partial charge in [-0.25, -0.2) is 0 Å². The molecule has 33 heavy (non-hydrogen) atoms. The van der Waals surface area contributed by atoms with Crippen LogP contribution in [0, 0.1) is 5.92 Å². The van der Waals surface area contributed by atoms with E-state index in [2.05, 4.69) is 40.2 Å². The first-order valence-electron chi connectivity index (χ1n) is 12.5. The second kappa shape index (κ2) is 9.67. The number of amides is 2. The molecule has 7 nitrogen and oxygen atoms in total. The van der Waals surface area contributed by atoms with Crippen molar-refractivity contribution in [2.75, 3.05) is 39.3 Å². The number of aromatic amines is 1. The highest BCUT2D eigenvalue weighted by Gasteiger charge is 2.31. The predicted octanol–water partition coefficient (Wildman–Crippen LogP) is 3.05. The van der Waals surface area contributed by atoms with Gasteiger partial charge in [0.15, 0.2) is 0 Å². The molecule has 2 fully saturated rings. The van der Waals surface area contributed by atoms with Crippen molar-refractivity contribution in [3.63, 3.8) is 0 Å². The van der Waals surface area contributed by atoms with Crippen molar-refractivity contribution in [2.24, 2.45) is 5.92 Å². The Hall–Kier alpha value is -2.67. The Kier molecular flexibility index (Phi) is 6.49. The highest BCUT2D eigenvalue weighted by Crippen LogP contribution is 2.30. The molecule has 5 rings (SSSR count). The molecule has 1 aromatic carbocycles. The molecule has 2 amide bonds. The van der Waals surface area contributed by atoms with Gasteiger partial charge in [0.1, 0.15) is 0 Å². The lowest BCUT2D eigenvalue weighted by Crippen LogP contribution is -2.46. The zero-order chi connectivity index (χ0) is 22.8. The Labute approximate surface area is 196 Å². The molecule has 2 saturated heterocycles. The number of piperidine rings is 2. The van der Waals surface area contributed by atoms with Gasteiger partial charge in [0, 0.05) is 38.6 Å². The van der Waals surface area contributed by atoms with Crippen LogP contribution in [0.4, 0.5) is 0 Å². The third-order valence-corrected chi connectivity index (χ3v) is 7.67. The van der Waals surface area contributed by atoms with Gasteiger partial charge in [-0.05, 0) is 55.7 Å². The van der Waals surface area contributed by atoms with E-state index in [1.165, 1.54) is 24.0 Å². The van der Waals surface area contributed by atoms with E-state index >= 15 is 0 Å². The van der Waals surface area contributed by atoms with Crippen LogP contribution in [0.25, 0.3) is 0 Å². The van der Waals surface area contributed by atoms with E-state index in [0.717, 1.165) is 57.7 Å². The van der Waals surface area contributed by atoms with Gasteiger partial charge in [-0.1, -0.05) is 31.2 Å². The number of nitrogens with zero attached hydrogens (tertiary/aromatic N) is 4. The number of aromatic nitrogens is 2. The molecule has 3 aliphatic rings. The third kappa shape index (κ3) is 4.83. The fourth-order valence-corrected chi connectivity index (χ4v) is 5.76. The molecular weight excluding hydrogens is 414 g/mol. The summed E-state index contributed by atoms with van der Waals surface area (Å²) in [7, 11) is 0. The Morgan fingerprint density at radius 3 is 2.61 bits per heavy atom. The van der Waals surface area contributed by atoms with Gasteiger partial charge in [-0.2, -0.15) is 5.10 Å². The first-order chi connectivity index (χ1) is 16.1. The Bertz CT molecular complexity index is 994. The van der Waals surface area contributed by atoms with Gasteiger partial charge >= 0.3 is 0 Å². The summed E-state index contributed by atoms with van der Waals surface area (Å²) in [5.41, 5.74) is 4.21. The maximum atomic E-state index is 13.4.